The lowest BCUT2D eigenvalue weighted by Gasteiger charge is -2.00. The number of carbonyl (C=O) groups is 1. The molecule has 0 aliphatic heterocycles. The zero-order valence-electron chi connectivity index (χ0n) is 11.8. The second kappa shape index (κ2) is 4.63. The minimum Gasteiger partial charge on any atom is -0.458 e. The molecule has 0 bridgehead atoms. The molecule has 0 atom stereocenters. The Morgan fingerprint density at radius 2 is 2.10 bits per heavy atom. The molecule has 0 saturated carbocycles. The molecule has 102 valence electrons. The number of nitrogens with zero attached hydrogens (tertiary/aromatic N) is 2. The average molecular weight is 268 g/mol. The Kier molecular flexibility index (Phi) is 2.93. The summed E-state index contributed by atoms with van der Waals surface area (Å²) in [5.41, 5.74) is 3.23. The molecule has 0 spiro atoms. The molecule has 0 radical (unpaired) electrons. The molecule has 2 heterocycles. The Balaban J connectivity index is 1.92. The molecule has 0 saturated heterocycles. The fourth-order valence-electron chi connectivity index (χ4n) is 2.34. The number of fused-ring (bicyclic) bond motifs is 1. The van der Waals surface area contributed by atoms with E-state index in [-0.39, 0.29) is 5.78 Å². The number of benzene rings is 1. The molecule has 3 aromatic rings. The lowest BCUT2D eigenvalue weighted by Crippen LogP contribution is -1.90. The van der Waals surface area contributed by atoms with Crippen molar-refractivity contribution in [3.05, 3.63) is 53.2 Å². The van der Waals surface area contributed by atoms with Crippen LogP contribution in [0.25, 0.3) is 11.0 Å². The van der Waals surface area contributed by atoms with Crippen LogP contribution in [-0.2, 0) is 13.5 Å². The number of carbonyl (C=O) groups excluding carboxylic acids is 1. The highest BCUT2D eigenvalue weighted by molar-refractivity contribution is 5.91. The second-order valence-corrected chi connectivity index (χ2v) is 5.04. The van der Waals surface area contributed by atoms with Crippen LogP contribution in [0.2, 0.25) is 0 Å². The first-order valence-corrected chi connectivity index (χ1v) is 6.56. The Bertz CT molecular complexity index is 796. The molecule has 0 unspecified atom stereocenters. The summed E-state index contributed by atoms with van der Waals surface area (Å²) in [6, 6.07) is 9.78. The number of hydrogen-bond donors (Lipinski definition) is 0. The molecule has 2 aromatic heterocycles. The normalized spacial score (nSPS) is 11.2. The molecule has 0 fully saturated rings. The van der Waals surface area contributed by atoms with Gasteiger partial charge in [-0.25, -0.2) is 4.98 Å². The summed E-state index contributed by atoms with van der Waals surface area (Å²) in [4.78, 5) is 15.7. The average Bonchev–Trinajstić information content (AvgIpc) is 2.96. The van der Waals surface area contributed by atoms with Crippen LogP contribution in [0.15, 0.2) is 34.7 Å². The van der Waals surface area contributed by atoms with Gasteiger partial charge in [-0.3, -0.25) is 4.79 Å². The van der Waals surface area contributed by atoms with E-state index in [1.165, 1.54) is 6.92 Å². The van der Waals surface area contributed by atoms with Gasteiger partial charge in [0, 0.05) is 20.4 Å². The van der Waals surface area contributed by atoms with Gasteiger partial charge in [-0.1, -0.05) is 6.07 Å². The molecule has 4 nitrogen and oxygen atoms in total. The van der Waals surface area contributed by atoms with Crippen LogP contribution in [0.5, 0.6) is 0 Å². The maximum atomic E-state index is 11.2. The number of Topliss-reactive ketones (excluding diaryl/α,β-unsaturated/α-hetero) is 1. The summed E-state index contributed by atoms with van der Waals surface area (Å²) in [5, 5.41) is 0. The summed E-state index contributed by atoms with van der Waals surface area (Å²) in [7, 11) is 2.01. The summed E-state index contributed by atoms with van der Waals surface area (Å²) >= 11 is 0. The third-order valence-corrected chi connectivity index (χ3v) is 3.56. The number of hydrogen-bond acceptors (Lipinski definition) is 3. The van der Waals surface area contributed by atoms with Crippen molar-refractivity contribution in [3.63, 3.8) is 0 Å². The summed E-state index contributed by atoms with van der Waals surface area (Å²) in [6.07, 6.45) is 0.666. The van der Waals surface area contributed by atoms with Crippen LogP contribution in [-0.4, -0.2) is 15.3 Å². The first kappa shape index (κ1) is 12.7. The van der Waals surface area contributed by atoms with Crippen LogP contribution < -0.4 is 0 Å². The van der Waals surface area contributed by atoms with Gasteiger partial charge in [0.25, 0.3) is 0 Å². The van der Waals surface area contributed by atoms with E-state index in [2.05, 4.69) is 27.8 Å². The molecule has 20 heavy (non-hydrogen) atoms. The second-order valence-electron chi connectivity index (χ2n) is 5.04. The van der Waals surface area contributed by atoms with E-state index in [1.807, 2.05) is 20.0 Å². The third kappa shape index (κ3) is 2.13. The Morgan fingerprint density at radius 3 is 2.80 bits per heavy atom. The van der Waals surface area contributed by atoms with E-state index in [4.69, 9.17) is 4.42 Å². The first-order valence-electron chi connectivity index (χ1n) is 6.56. The highest BCUT2D eigenvalue weighted by atomic mass is 16.3. The Hall–Kier alpha value is -2.36. The van der Waals surface area contributed by atoms with Crippen molar-refractivity contribution in [3.8, 4) is 0 Å². The molecular weight excluding hydrogens is 252 g/mol. The van der Waals surface area contributed by atoms with Crippen molar-refractivity contribution in [1.29, 1.82) is 0 Å². The molecular formula is C16H16N2O2. The van der Waals surface area contributed by atoms with E-state index >= 15 is 0 Å². The van der Waals surface area contributed by atoms with Crippen LogP contribution in [0.1, 0.15) is 34.6 Å². The molecule has 4 heteroatoms. The Labute approximate surface area is 117 Å². The topological polar surface area (TPSA) is 48.0 Å². The van der Waals surface area contributed by atoms with Crippen LogP contribution in [0.3, 0.4) is 0 Å². The predicted octanol–water partition coefficient (Wildman–Crippen LogP) is 3.27. The van der Waals surface area contributed by atoms with Gasteiger partial charge in [0.15, 0.2) is 11.5 Å². The minimum absolute atomic E-state index is 0.0490. The number of furan rings is 1. The van der Waals surface area contributed by atoms with Crippen LogP contribution >= 0.6 is 0 Å². The monoisotopic (exact) mass is 268 g/mol. The van der Waals surface area contributed by atoms with Crippen molar-refractivity contribution in [2.24, 2.45) is 7.05 Å². The van der Waals surface area contributed by atoms with Gasteiger partial charge in [-0.15, -0.1) is 0 Å². The van der Waals surface area contributed by atoms with Crippen molar-refractivity contribution in [1.82, 2.24) is 9.55 Å². The van der Waals surface area contributed by atoms with Gasteiger partial charge in [0.05, 0.1) is 11.0 Å². The number of aromatic nitrogens is 2. The van der Waals surface area contributed by atoms with Gasteiger partial charge in [0.1, 0.15) is 11.6 Å². The standard InChI is InChI=1S/C16H16N2O2/c1-10(19)16-7-5-13(20-16)8-12-4-6-15-14(9-12)17-11(2)18(15)3/h4-7,9H,8H2,1-3H3. The van der Waals surface area contributed by atoms with E-state index in [0.717, 1.165) is 28.2 Å². The van der Waals surface area contributed by atoms with Crippen molar-refractivity contribution < 1.29 is 9.21 Å². The van der Waals surface area contributed by atoms with E-state index in [9.17, 15) is 4.79 Å². The van der Waals surface area contributed by atoms with Gasteiger partial charge in [-0.05, 0) is 36.8 Å². The lowest BCUT2D eigenvalue weighted by atomic mass is 10.1. The first-order chi connectivity index (χ1) is 9.54. The third-order valence-electron chi connectivity index (χ3n) is 3.56. The lowest BCUT2D eigenvalue weighted by molar-refractivity contribution is 0.0985. The molecule has 0 aliphatic rings. The summed E-state index contributed by atoms with van der Waals surface area (Å²) in [6.45, 7) is 3.50. The fourth-order valence-corrected chi connectivity index (χ4v) is 2.34. The zero-order chi connectivity index (χ0) is 14.3. The van der Waals surface area contributed by atoms with Crippen LogP contribution in [0.4, 0.5) is 0 Å². The van der Waals surface area contributed by atoms with E-state index in [1.54, 1.807) is 6.07 Å². The maximum absolute atomic E-state index is 11.2. The van der Waals surface area contributed by atoms with E-state index < -0.39 is 0 Å². The molecule has 0 N–H and O–H groups in total. The highest BCUT2D eigenvalue weighted by Crippen LogP contribution is 2.19. The zero-order valence-corrected chi connectivity index (χ0v) is 11.8. The predicted molar refractivity (Wildman–Crippen MR) is 77.0 cm³/mol. The van der Waals surface area contributed by atoms with Gasteiger partial charge in [-0.2, -0.15) is 0 Å². The Morgan fingerprint density at radius 1 is 1.30 bits per heavy atom. The molecule has 0 aliphatic carbocycles. The highest BCUT2D eigenvalue weighted by Gasteiger charge is 2.09. The summed E-state index contributed by atoms with van der Waals surface area (Å²) < 4.78 is 7.58. The van der Waals surface area contributed by atoms with E-state index in [0.29, 0.717) is 12.2 Å². The number of aryl methyl sites for hydroxylation is 2. The number of rotatable bonds is 3. The quantitative estimate of drug-likeness (QED) is 0.685. The van der Waals surface area contributed by atoms with Crippen LogP contribution in [0, 0.1) is 6.92 Å². The van der Waals surface area contributed by atoms with Crippen molar-refractivity contribution >= 4 is 16.8 Å². The van der Waals surface area contributed by atoms with Gasteiger partial charge < -0.3 is 8.98 Å². The largest absolute Gasteiger partial charge is 0.458 e. The molecule has 3 rings (SSSR count). The summed E-state index contributed by atoms with van der Waals surface area (Å²) in [5.74, 6) is 2.15. The minimum atomic E-state index is -0.0490. The molecule has 0 amide bonds. The number of ketones is 1. The van der Waals surface area contributed by atoms with Crippen molar-refractivity contribution in [2.75, 3.05) is 0 Å². The maximum Gasteiger partial charge on any atom is 0.194 e. The molecule has 1 aromatic carbocycles. The number of imidazole rings is 1. The van der Waals surface area contributed by atoms with Gasteiger partial charge in [0.2, 0.25) is 0 Å². The van der Waals surface area contributed by atoms with Gasteiger partial charge >= 0.3 is 0 Å². The SMILES string of the molecule is CC(=O)c1ccc(Cc2ccc3c(c2)nc(C)n3C)o1. The van der Waals surface area contributed by atoms with Crippen molar-refractivity contribution in [2.45, 2.75) is 20.3 Å². The smallest absolute Gasteiger partial charge is 0.194 e. The fraction of sp³-hybridized carbons (Fsp3) is 0.250.